The summed E-state index contributed by atoms with van der Waals surface area (Å²) in [6, 6.07) is 0. The molecule has 4 N–H and O–H groups in total. The maximum Gasteiger partial charge on any atom is 0.342 e. The topological polar surface area (TPSA) is 144 Å². The monoisotopic (exact) mass is 241 g/mol. The maximum absolute atomic E-state index is 11.2. The van der Waals surface area contributed by atoms with Gasteiger partial charge in [0.15, 0.2) is 0 Å². The number of carboxylic acids is 2. The van der Waals surface area contributed by atoms with Crippen molar-refractivity contribution in [3.63, 3.8) is 0 Å². The summed E-state index contributed by atoms with van der Waals surface area (Å²) in [7, 11) is -4.67. The lowest BCUT2D eigenvalue weighted by molar-refractivity contribution is -0.146. The number of carboxylic acid groups (broad SMARTS) is 2. The van der Waals surface area contributed by atoms with Crippen LogP contribution < -0.4 is 5.73 Å². The Morgan fingerprint density at radius 3 is 2.13 bits per heavy atom. The second kappa shape index (κ2) is 4.55. The summed E-state index contributed by atoms with van der Waals surface area (Å²) in [4.78, 5) is 18.0. The molecule has 8 nitrogen and oxygen atoms in total. The fourth-order valence-corrected chi connectivity index (χ4v) is 1.79. The van der Waals surface area contributed by atoms with Crippen LogP contribution in [0.15, 0.2) is 0 Å². The number of hydrogen-bond acceptors (Lipinski definition) is 6. The van der Waals surface area contributed by atoms with Crippen molar-refractivity contribution >= 4 is 22.1 Å². The van der Waals surface area contributed by atoms with Crippen molar-refractivity contribution in [3.8, 4) is 0 Å². The number of rotatable bonds is 6. The minimum atomic E-state index is -4.67. The SMILES string of the molecule is CCOS(=O)(=O)C(N)(CC(=O)O)C(=O)O. The minimum Gasteiger partial charge on any atom is -0.481 e. The molecule has 0 saturated carbocycles. The number of hydrogen-bond donors (Lipinski definition) is 3. The van der Waals surface area contributed by atoms with E-state index in [0.717, 1.165) is 0 Å². The van der Waals surface area contributed by atoms with E-state index < -0.39 is 33.3 Å². The third-order valence-corrected chi connectivity index (χ3v) is 3.25. The molecule has 1 atom stereocenters. The largest absolute Gasteiger partial charge is 0.481 e. The molecule has 0 amide bonds. The Hall–Kier alpha value is -1.19. The van der Waals surface area contributed by atoms with Crippen molar-refractivity contribution in [2.75, 3.05) is 6.61 Å². The zero-order valence-corrected chi connectivity index (χ0v) is 8.65. The van der Waals surface area contributed by atoms with Crippen molar-refractivity contribution in [1.82, 2.24) is 0 Å². The van der Waals surface area contributed by atoms with Gasteiger partial charge in [-0.25, -0.2) is 4.79 Å². The van der Waals surface area contributed by atoms with Gasteiger partial charge in [0.25, 0.3) is 15.0 Å². The highest BCUT2D eigenvalue weighted by Gasteiger charge is 2.50. The minimum absolute atomic E-state index is 0.325. The molecule has 1 unspecified atom stereocenters. The van der Waals surface area contributed by atoms with Crippen LogP contribution in [-0.2, 0) is 23.9 Å². The van der Waals surface area contributed by atoms with Crippen molar-refractivity contribution in [1.29, 1.82) is 0 Å². The first-order valence-electron chi connectivity index (χ1n) is 3.80. The van der Waals surface area contributed by atoms with Crippen molar-refractivity contribution in [2.24, 2.45) is 5.73 Å². The van der Waals surface area contributed by atoms with Crippen LogP contribution in [0.3, 0.4) is 0 Å². The molecule has 0 rings (SSSR count). The van der Waals surface area contributed by atoms with Gasteiger partial charge >= 0.3 is 11.9 Å². The second-order valence-electron chi connectivity index (χ2n) is 2.63. The van der Waals surface area contributed by atoms with Gasteiger partial charge in [0, 0.05) is 0 Å². The Morgan fingerprint density at radius 2 is 1.87 bits per heavy atom. The summed E-state index contributed by atoms with van der Waals surface area (Å²) in [6.45, 7) is 0.981. The molecule has 88 valence electrons. The van der Waals surface area contributed by atoms with Gasteiger partial charge in [0.05, 0.1) is 13.0 Å². The molecule has 0 fully saturated rings. The smallest absolute Gasteiger partial charge is 0.342 e. The molecule has 0 aliphatic rings. The van der Waals surface area contributed by atoms with E-state index >= 15 is 0 Å². The van der Waals surface area contributed by atoms with Gasteiger partial charge in [-0.05, 0) is 6.92 Å². The first-order valence-corrected chi connectivity index (χ1v) is 5.21. The first-order chi connectivity index (χ1) is 6.67. The average Bonchev–Trinajstić information content (AvgIpc) is 2.01. The van der Waals surface area contributed by atoms with Gasteiger partial charge in [-0.15, -0.1) is 0 Å². The van der Waals surface area contributed by atoms with E-state index in [1.165, 1.54) is 6.92 Å². The quantitative estimate of drug-likeness (QED) is 0.480. The van der Waals surface area contributed by atoms with Gasteiger partial charge in [-0.2, -0.15) is 8.42 Å². The molecule has 9 heteroatoms. The fraction of sp³-hybridized carbons (Fsp3) is 0.667. The van der Waals surface area contributed by atoms with E-state index in [1.54, 1.807) is 0 Å². The predicted octanol–water partition coefficient (Wildman–Crippen LogP) is -1.43. The van der Waals surface area contributed by atoms with Crippen LogP contribution in [0.1, 0.15) is 13.3 Å². The highest BCUT2D eigenvalue weighted by molar-refractivity contribution is 7.89. The molecule has 15 heavy (non-hydrogen) atoms. The highest BCUT2D eigenvalue weighted by Crippen LogP contribution is 2.18. The molecule has 0 aromatic carbocycles. The van der Waals surface area contributed by atoms with E-state index in [-0.39, 0.29) is 6.61 Å². The van der Waals surface area contributed by atoms with Crippen LogP contribution >= 0.6 is 0 Å². The van der Waals surface area contributed by atoms with Crippen molar-refractivity contribution in [2.45, 2.75) is 18.2 Å². The molecule has 0 saturated heterocycles. The zero-order valence-electron chi connectivity index (χ0n) is 7.84. The molecule has 0 aromatic heterocycles. The second-order valence-corrected chi connectivity index (χ2v) is 4.50. The van der Waals surface area contributed by atoms with Crippen LogP contribution in [0.25, 0.3) is 0 Å². The van der Waals surface area contributed by atoms with E-state index in [1.807, 2.05) is 0 Å². The Balaban J connectivity index is 5.30. The first kappa shape index (κ1) is 13.8. The summed E-state index contributed by atoms with van der Waals surface area (Å²) in [5.74, 6) is -3.62. The van der Waals surface area contributed by atoms with Crippen molar-refractivity contribution < 1.29 is 32.4 Å². The summed E-state index contributed by atoms with van der Waals surface area (Å²) in [5.41, 5.74) is 5.01. The number of aliphatic carboxylic acids is 2. The van der Waals surface area contributed by atoms with Gasteiger partial charge < -0.3 is 15.9 Å². The molecule has 0 radical (unpaired) electrons. The lowest BCUT2D eigenvalue weighted by atomic mass is 10.2. The Kier molecular flexibility index (Phi) is 4.19. The van der Waals surface area contributed by atoms with Gasteiger partial charge in [0.1, 0.15) is 0 Å². The summed E-state index contributed by atoms with van der Waals surface area (Å²) >= 11 is 0. The van der Waals surface area contributed by atoms with E-state index in [9.17, 15) is 18.0 Å². The third-order valence-electron chi connectivity index (χ3n) is 1.49. The van der Waals surface area contributed by atoms with Gasteiger partial charge in [0.2, 0.25) is 0 Å². The van der Waals surface area contributed by atoms with Crippen LogP contribution in [0.5, 0.6) is 0 Å². The summed E-state index contributed by atoms with van der Waals surface area (Å²) < 4.78 is 26.6. The number of carbonyl (C=O) groups is 2. The summed E-state index contributed by atoms with van der Waals surface area (Å²) in [6.07, 6.45) is -1.27. The zero-order chi connectivity index (χ0) is 12.3. The van der Waals surface area contributed by atoms with Crippen LogP contribution in [0, 0.1) is 0 Å². The van der Waals surface area contributed by atoms with E-state index in [4.69, 9.17) is 15.9 Å². The maximum atomic E-state index is 11.2. The lowest BCUT2D eigenvalue weighted by Crippen LogP contribution is -2.56. The van der Waals surface area contributed by atoms with Crippen LogP contribution in [-0.4, -0.2) is 42.0 Å². The normalized spacial score (nSPS) is 15.6. The molecule has 0 aliphatic heterocycles. The predicted molar refractivity (Wildman–Crippen MR) is 47.4 cm³/mol. The average molecular weight is 241 g/mol. The molecule has 0 bridgehead atoms. The van der Waals surface area contributed by atoms with Crippen molar-refractivity contribution in [3.05, 3.63) is 0 Å². The highest BCUT2D eigenvalue weighted by atomic mass is 32.2. The van der Waals surface area contributed by atoms with E-state index in [0.29, 0.717) is 0 Å². The molecule has 0 aromatic rings. The number of nitrogens with two attached hydrogens (primary N) is 1. The Morgan fingerprint density at radius 1 is 1.40 bits per heavy atom. The van der Waals surface area contributed by atoms with Crippen LogP contribution in [0.2, 0.25) is 0 Å². The van der Waals surface area contributed by atoms with E-state index in [2.05, 4.69) is 4.18 Å². The van der Waals surface area contributed by atoms with Crippen LogP contribution in [0.4, 0.5) is 0 Å². The van der Waals surface area contributed by atoms with Gasteiger partial charge in [-0.3, -0.25) is 8.98 Å². The Bertz CT molecular complexity index is 362. The lowest BCUT2D eigenvalue weighted by Gasteiger charge is -2.21. The molecule has 0 spiro atoms. The Labute approximate surface area is 85.8 Å². The third kappa shape index (κ3) is 2.88. The fourth-order valence-electron chi connectivity index (χ4n) is 0.756. The molecule has 0 heterocycles. The molecular formula is C6H11NO7S. The standard InChI is InChI=1S/C6H11NO7S/c1-2-14-15(12,13)6(7,5(10)11)3-4(8)9/h2-3,7H2,1H3,(H,8,9)(H,10,11). The summed E-state index contributed by atoms with van der Waals surface area (Å²) in [5, 5.41) is 17.0. The van der Waals surface area contributed by atoms with Gasteiger partial charge in [-0.1, -0.05) is 0 Å². The molecular weight excluding hydrogens is 230 g/mol. The molecule has 0 aliphatic carbocycles.